The highest BCUT2D eigenvalue weighted by molar-refractivity contribution is 5.79. The second-order valence-corrected chi connectivity index (χ2v) is 7.70. The van der Waals surface area contributed by atoms with Crippen LogP contribution < -0.4 is 16.0 Å². The van der Waals surface area contributed by atoms with Gasteiger partial charge in [0.15, 0.2) is 5.96 Å². The van der Waals surface area contributed by atoms with Crippen LogP contribution in [-0.2, 0) is 4.74 Å². The van der Waals surface area contributed by atoms with Crippen LogP contribution in [0.4, 0.5) is 4.79 Å². The summed E-state index contributed by atoms with van der Waals surface area (Å²) in [6, 6.07) is 0. The first-order valence-electron chi connectivity index (χ1n) is 9.47. The molecule has 7 heteroatoms. The van der Waals surface area contributed by atoms with Crippen LogP contribution in [0.1, 0.15) is 47.0 Å². The smallest absolute Gasteiger partial charge is 0.407 e. The first-order chi connectivity index (χ1) is 11.8. The molecule has 0 aliphatic carbocycles. The quantitative estimate of drug-likeness (QED) is 0.369. The first kappa shape index (κ1) is 21.5. The molecule has 0 spiro atoms. The molecule has 0 aromatic heterocycles. The number of hydrogen-bond donors (Lipinski definition) is 3. The number of aliphatic imine (C=N–C) groups is 1. The minimum absolute atomic E-state index is 0.366. The van der Waals surface area contributed by atoms with E-state index in [9.17, 15) is 4.79 Å². The molecule has 3 N–H and O–H groups in total. The molecule has 1 unspecified atom stereocenters. The number of rotatable bonds is 7. The van der Waals surface area contributed by atoms with E-state index in [1.54, 1.807) is 0 Å². The molecule has 1 fully saturated rings. The lowest BCUT2D eigenvalue weighted by Gasteiger charge is -2.28. The molecule has 25 heavy (non-hydrogen) atoms. The van der Waals surface area contributed by atoms with Crippen molar-refractivity contribution in [2.45, 2.75) is 52.6 Å². The van der Waals surface area contributed by atoms with E-state index in [1.165, 1.54) is 19.4 Å². The summed E-state index contributed by atoms with van der Waals surface area (Å²) in [5, 5.41) is 9.37. The summed E-state index contributed by atoms with van der Waals surface area (Å²) in [5.74, 6) is 1.50. The van der Waals surface area contributed by atoms with Crippen molar-refractivity contribution in [2.24, 2.45) is 10.9 Å². The number of nitrogens with one attached hydrogen (secondary N) is 3. The monoisotopic (exact) mass is 355 g/mol. The predicted molar refractivity (Wildman–Crippen MR) is 103 cm³/mol. The van der Waals surface area contributed by atoms with Crippen molar-refractivity contribution >= 4 is 12.1 Å². The van der Waals surface area contributed by atoms with E-state index in [2.05, 4.69) is 34.8 Å². The fourth-order valence-electron chi connectivity index (χ4n) is 2.78. The Morgan fingerprint density at radius 2 is 1.96 bits per heavy atom. The van der Waals surface area contributed by atoms with Crippen LogP contribution in [0.15, 0.2) is 4.99 Å². The van der Waals surface area contributed by atoms with Crippen LogP contribution >= 0.6 is 0 Å². The third-order valence-electron chi connectivity index (χ3n) is 3.89. The minimum atomic E-state index is -0.458. The lowest BCUT2D eigenvalue weighted by molar-refractivity contribution is 0.0527. The van der Waals surface area contributed by atoms with Gasteiger partial charge >= 0.3 is 6.09 Å². The lowest BCUT2D eigenvalue weighted by atomic mass is 9.99. The summed E-state index contributed by atoms with van der Waals surface area (Å²) < 4.78 is 5.21. The zero-order chi connectivity index (χ0) is 18.7. The van der Waals surface area contributed by atoms with E-state index in [0.717, 1.165) is 38.6 Å². The molecule has 0 bridgehead atoms. The Labute approximate surface area is 153 Å². The van der Waals surface area contributed by atoms with Gasteiger partial charge in [0, 0.05) is 32.7 Å². The summed E-state index contributed by atoms with van der Waals surface area (Å²) in [7, 11) is 2.18. The van der Waals surface area contributed by atoms with Crippen LogP contribution in [-0.4, -0.2) is 68.9 Å². The standard InChI is InChI=1S/C18H37N5O2/c1-6-19-16(22-13-15-9-7-12-23(5)14-15)20-10-8-11-21-17(24)25-18(2,3)4/h15H,6-14H2,1-5H3,(H,21,24)(H2,19,20,22). The predicted octanol–water partition coefficient (Wildman–Crippen LogP) is 1.80. The highest BCUT2D eigenvalue weighted by atomic mass is 16.6. The maximum Gasteiger partial charge on any atom is 0.407 e. The van der Waals surface area contributed by atoms with Crippen molar-refractivity contribution < 1.29 is 9.53 Å². The van der Waals surface area contributed by atoms with Gasteiger partial charge in [0.1, 0.15) is 5.60 Å². The van der Waals surface area contributed by atoms with Crippen molar-refractivity contribution in [1.29, 1.82) is 0 Å². The van der Waals surface area contributed by atoms with Crippen molar-refractivity contribution in [2.75, 3.05) is 46.3 Å². The number of piperidine rings is 1. The Hall–Kier alpha value is -1.50. The van der Waals surface area contributed by atoms with Crippen molar-refractivity contribution in [1.82, 2.24) is 20.9 Å². The van der Waals surface area contributed by atoms with Crippen LogP contribution in [0.5, 0.6) is 0 Å². The normalized spacial score (nSPS) is 19.4. The number of carbonyl (C=O) groups excluding carboxylic acids is 1. The number of amides is 1. The molecular formula is C18H37N5O2. The Morgan fingerprint density at radius 3 is 2.60 bits per heavy atom. The molecule has 1 atom stereocenters. The molecular weight excluding hydrogens is 318 g/mol. The number of ether oxygens (including phenoxy) is 1. The van der Waals surface area contributed by atoms with E-state index < -0.39 is 5.60 Å². The molecule has 146 valence electrons. The van der Waals surface area contributed by atoms with Gasteiger partial charge in [0.25, 0.3) is 0 Å². The summed E-state index contributed by atoms with van der Waals surface area (Å²) in [4.78, 5) is 18.7. The summed E-state index contributed by atoms with van der Waals surface area (Å²) >= 11 is 0. The topological polar surface area (TPSA) is 78.0 Å². The molecule has 1 amide bonds. The van der Waals surface area contributed by atoms with E-state index in [-0.39, 0.29) is 6.09 Å². The first-order valence-corrected chi connectivity index (χ1v) is 9.47. The summed E-state index contributed by atoms with van der Waals surface area (Å²) in [6.45, 7) is 13.0. The second kappa shape index (κ2) is 11.2. The van der Waals surface area contributed by atoms with E-state index in [1.807, 2.05) is 20.8 Å². The molecule has 1 rings (SSSR count). The van der Waals surface area contributed by atoms with Crippen LogP contribution in [0.25, 0.3) is 0 Å². The highest BCUT2D eigenvalue weighted by Gasteiger charge is 2.17. The fourth-order valence-corrected chi connectivity index (χ4v) is 2.78. The summed E-state index contributed by atoms with van der Waals surface area (Å²) in [6.07, 6.45) is 2.97. The van der Waals surface area contributed by atoms with E-state index in [0.29, 0.717) is 12.5 Å². The molecule has 1 heterocycles. The van der Waals surface area contributed by atoms with Crippen molar-refractivity contribution in [3.05, 3.63) is 0 Å². The minimum Gasteiger partial charge on any atom is -0.444 e. The molecule has 1 saturated heterocycles. The van der Waals surface area contributed by atoms with Gasteiger partial charge in [-0.3, -0.25) is 4.99 Å². The van der Waals surface area contributed by atoms with Gasteiger partial charge in [-0.05, 0) is 66.5 Å². The Balaban J connectivity index is 2.23. The number of carbonyl (C=O) groups is 1. The van der Waals surface area contributed by atoms with Gasteiger partial charge < -0.3 is 25.6 Å². The highest BCUT2D eigenvalue weighted by Crippen LogP contribution is 2.14. The van der Waals surface area contributed by atoms with Gasteiger partial charge in [0.2, 0.25) is 0 Å². The Morgan fingerprint density at radius 1 is 1.24 bits per heavy atom. The third-order valence-corrected chi connectivity index (χ3v) is 3.89. The number of nitrogens with zero attached hydrogens (tertiary/aromatic N) is 2. The number of hydrogen-bond acceptors (Lipinski definition) is 4. The third kappa shape index (κ3) is 10.9. The zero-order valence-corrected chi connectivity index (χ0v) is 16.7. The number of alkyl carbamates (subject to hydrolysis) is 1. The maximum absolute atomic E-state index is 11.6. The SMILES string of the molecule is CCNC(=NCC1CCCN(C)C1)NCCCNC(=O)OC(C)(C)C. The Bertz CT molecular complexity index is 420. The Kier molecular flexibility index (Phi) is 9.63. The van der Waals surface area contributed by atoms with Crippen molar-refractivity contribution in [3.8, 4) is 0 Å². The van der Waals surface area contributed by atoms with Gasteiger partial charge in [-0.2, -0.15) is 0 Å². The van der Waals surface area contributed by atoms with Gasteiger partial charge in [-0.25, -0.2) is 4.79 Å². The molecule has 0 radical (unpaired) electrons. The molecule has 1 aliphatic rings. The van der Waals surface area contributed by atoms with Gasteiger partial charge in [-0.1, -0.05) is 0 Å². The van der Waals surface area contributed by atoms with Gasteiger partial charge in [-0.15, -0.1) is 0 Å². The van der Waals surface area contributed by atoms with Crippen molar-refractivity contribution in [3.63, 3.8) is 0 Å². The lowest BCUT2D eigenvalue weighted by Crippen LogP contribution is -2.40. The molecule has 0 saturated carbocycles. The zero-order valence-electron chi connectivity index (χ0n) is 16.7. The summed E-state index contributed by atoms with van der Waals surface area (Å²) in [5.41, 5.74) is -0.458. The van der Waals surface area contributed by atoms with Crippen LogP contribution in [0.2, 0.25) is 0 Å². The fraction of sp³-hybridized carbons (Fsp3) is 0.889. The number of guanidine groups is 1. The largest absolute Gasteiger partial charge is 0.444 e. The molecule has 7 nitrogen and oxygen atoms in total. The maximum atomic E-state index is 11.6. The van der Waals surface area contributed by atoms with E-state index >= 15 is 0 Å². The van der Waals surface area contributed by atoms with Gasteiger partial charge in [0.05, 0.1) is 0 Å². The molecule has 0 aromatic rings. The second-order valence-electron chi connectivity index (χ2n) is 7.70. The van der Waals surface area contributed by atoms with Crippen LogP contribution in [0, 0.1) is 5.92 Å². The average Bonchev–Trinajstić information content (AvgIpc) is 2.50. The average molecular weight is 356 g/mol. The number of likely N-dealkylation sites (tertiary alicyclic amines) is 1. The van der Waals surface area contributed by atoms with E-state index in [4.69, 9.17) is 9.73 Å². The van der Waals surface area contributed by atoms with Crippen LogP contribution in [0.3, 0.4) is 0 Å². The molecule has 1 aliphatic heterocycles. The molecule has 0 aromatic carbocycles.